The molecule has 120 valence electrons. The van der Waals surface area contributed by atoms with E-state index in [9.17, 15) is 4.79 Å². The largest absolute Gasteiger partial charge is 0.409 e. The van der Waals surface area contributed by atoms with Crippen molar-refractivity contribution in [3.05, 3.63) is 34.7 Å². The first-order valence-corrected chi connectivity index (χ1v) is 8.60. The highest BCUT2D eigenvalue weighted by Crippen LogP contribution is 2.36. The average Bonchev–Trinajstić information content (AvgIpc) is 3.21. The van der Waals surface area contributed by atoms with E-state index in [0.717, 1.165) is 30.5 Å². The van der Waals surface area contributed by atoms with E-state index in [1.165, 1.54) is 19.3 Å². The average molecular weight is 329 g/mol. The van der Waals surface area contributed by atoms with Gasteiger partial charge in [0.15, 0.2) is 0 Å². The van der Waals surface area contributed by atoms with Crippen molar-refractivity contribution >= 4 is 18.1 Å². The standard InChI is InChI=1S/C17H19N3O2S/c21-16(20-10-9-11-3-1-2-4-14(11)20)13-7-5-12(6-8-13)15-18-19-17(23)22-15/h5-8,11,14H,1-4,9-10H2,(H,19,23)/t11-,14+/m1/s1. The molecular weight excluding hydrogens is 310 g/mol. The predicted octanol–water partition coefficient (Wildman–Crippen LogP) is 3.80. The first kappa shape index (κ1) is 14.6. The molecule has 1 N–H and O–H groups in total. The van der Waals surface area contributed by atoms with E-state index in [0.29, 0.717) is 17.9 Å². The fourth-order valence-corrected chi connectivity index (χ4v) is 4.06. The number of nitrogens with one attached hydrogen (secondary N) is 1. The number of aromatic nitrogens is 2. The lowest BCUT2D eigenvalue weighted by atomic mass is 9.85. The van der Waals surface area contributed by atoms with E-state index in [4.69, 9.17) is 16.6 Å². The molecule has 1 aliphatic heterocycles. The molecule has 0 spiro atoms. The molecule has 2 aliphatic rings. The Morgan fingerprint density at radius 3 is 2.74 bits per heavy atom. The number of fused-ring (bicyclic) bond motifs is 1. The molecule has 2 aromatic rings. The Bertz CT molecular complexity index is 765. The Morgan fingerprint density at radius 2 is 2.00 bits per heavy atom. The van der Waals surface area contributed by atoms with Gasteiger partial charge in [0.1, 0.15) is 0 Å². The number of aromatic amines is 1. The van der Waals surface area contributed by atoms with Gasteiger partial charge >= 0.3 is 0 Å². The fraction of sp³-hybridized carbons (Fsp3) is 0.471. The van der Waals surface area contributed by atoms with Crippen LogP contribution < -0.4 is 0 Å². The molecule has 5 nitrogen and oxygen atoms in total. The molecule has 0 bridgehead atoms. The number of rotatable bonds is 2. The normalized spacial score (nSPS) is 23.7. The molecule has 2 heterocycles. The van der Waals surface area contributed by atoms with E-state index in [-0.39, 0.29) is 10.7 Å². The smallest absolute Gasteiger partial charge is 0.284 e. The van der Waals surface area contributed by atoms with Crippen LogP contribution in [0.1, 0.15) is 42.5 Å². The van der Waals surface area contributed by atoms with E-state index >= 15 is 0 Å². The summed E-state index contributed by atoms with van der Waals surface area (Å²) < 4.78 is 5.29. The molecule has 1 saturated heterocycles. The zero-order valence-corrected chi connectivity index (χ0v) is 13.6. The summed E-state index contributed by atoms with van der Waals surface area (Å²) in [5, 5.41) is 6.60. The summed E-state index contributed by atoms with van der Waals surface area (Å²) in [5.74, 6) is 1.30. The van der Waals surface area contributed by atoms with E-state index in [1.54, 1.807) is 0 Å². The number of hydrogen-bond acceptors (Lipinski definition) is 4. The lowest BCUT2D eigenvalue weighted by Gasteiger charge is -2.31. The van der Waals surface area contributed by atoms with Crippen LogP contribution in [0.5, 0.6) is 0 Å². The van der Waals surface area contributed by atoms with Gasteiger partial charge in [-0.15, -0.1) is 5.10 Å². The molecule has 6 heteroatoms. The summed E-state index contributed by atoms with van der Waals surface area (Å²) in [7, 11) is 0. The van der Waals surface area contributed by atoms with Crippen molar-refractivity contribution in [3.8, 4) is 11.5 Å². The first-order chi connectivity index (χ1) is 11.2. The van der Waals surface area contributed by atoms with Gasteiger partial charge in [0.05, 0.1) is 0 Å². The summed E-state index contributed by atoms with van der Waals surface area (Å²) in [6, 6.07) is 7.86. The quantitative estimate of drug-likeness (QED) is 0.851. The molecule has 1 amide bonds. The fourth-order valence-electron chi connectivity index (χ4n) is 3.93. The molecule has 1 aliphatic carbocycles. The maximum absolute atomic E-state index is 12.8. The number of carbonyl (C=O) groups excluding carboxylic acids is 1. The third-order valence-corrected chi connectivity index (χ3v) is 5.26. The van der Waals surface area contributed by atoms with Crippen molar-refractivity contribution in [3.63, 3.8) is 0 Å². The van der Waals surface area contributed by atoms with Crippen molar-refractivity contribution in [1.82, 2.24) is 15.1 Å². The van der Waals surface area contributed by atoms with Crippen molar-refractivity contribution < 1.29 is 9.21 Å². The highest BCUT2D eigenvalue weighted by atomic mass is 32.1. The SMILES string of the molecule is O=C(c1ccc(-c2n[nH]c(=S)o2)cc1)N1CC[C@H]2CCCC[C@@H]21. The molecule has 0 unspecified atom stereocenters. The van der Waals surface area contributed by atoms with Gasteiger partial charge in [0.25, 0.3) is 10.7 Å². The zero-order chi connectivity index (χ0) is 15.8. The van der Waals surface area contributed by atoms with Crippen molar-refractivity contribution in [1.29, 1.82) is 0 Å². The zero-order valence-electron chi connectivity index (χ0n) is 12.8. The van der Waals surface area contributed by atoms with Gasteiger partial charge in [-0.05, 0) is 61.7 Å². The highest BCUT2D eigenvalue weighted by Gasteiger charge is 2.38. The number of H-pyrrole nitrogens is 1. The van der Waals surface area contributed by atoms with E-state index < -0.39 is 0 Å². The Morgan fingerprint density at radius 1 is 1.22 bits per heavy atom. The monoisotopic (exact) mass is 329 g/mol. The van der Waals surface area contributed by atoms with Crippen molar-refractivity contribution in [2.75, 3.05) is 6.54 Å². The maximum Gasteiger partial charge on any atom is 0.284 e. The van der Waals surface area contributed by atoms with Gasteiger partial charge in [-0.1, -0.05) is 12.8 Å². The topological polar surface area (TPSA) is 62.1 Å². The molecule has 1 saturated carbocycles. The lowest BCUT2D eigenvalue weighted by Crippen LogP contribution is -2.39. The molecular formula is C17H19N3O2S. The van der Waals surface area contributed by atoms with Gasteiger partial charge in [0.2, 0.25) is 5.89 Å². The number of carbonyl (C=O) groups is 1. The lowest BCUT2D eigenvalue weighted by molar-refractivity contribution is 0.0690. The molecule has 4 rings (SSSR count). The number of benzene rings is 1. The van der Waals surface area contributed by atoms with Gasteiger partial charge in [-0.2, -0.15) is 0 Å². The number of hydrogen-bond donors (Lipinski definition) is 1. The minimum absolute atomic E-state index is 0.147. The molecule has 0 radical (unpaired) electrons. The van der Waals surface area contributed by atoms with Gasteiger partial charge in [0, 0.05) is 23.7 Å². The number of nitrogens with zero attached hydrogens (tertiary/aromatic N) is 2. The third-order valence-electron chi connectivity index (χ3n) is 5.09. The number of amides is 1. The molecule has 23 heavy (non-hydrogen) atoms. The molecule has 1 aromatic carbocycles. The van der Waals surface area contributed by atoms with Crippen LogP contribution in [-0.2, 0) is 0 Å². The second-order valence-corrected chi connectivity index (χ2v) is 6.77. The Kier molecular flexibility index (Phi) is 3.77. The van der Waals surface area contributed by atoms with Crippen LogP contribution in [0.15, 0.2) is 28.7 Å². The molecule has 2 fully saturated rings. The Labute approximate surface area is 139 Å². The van der Waals surface area contributed by atoms with E-state index in [2.05, 4.69) is 15.1 Å². The minimum atomic E-state index is 0.147. The summed E-state index contributed by atoms with van der Waals surface area (Å²) in [4.78, 5) is 15.2. The van der Waals surface area contributed by atoms with Crippen LogP contribution in [0, 0.1) is 10.8 Å². The molecule has 2 atom stereocenters. The van der Waals surface area contributed by atoms with Crippen LogP contribution >= 0.6 is 12.2 Å². The van der Waals surface area contributed by atoms with E-state index in [1.807, 2.05) is 24.3 Å². The summed E-state index contributed by atoms with van der Waals surface area (Å²) in [5.41, 5.74) is 1.54. The van der Waals surface area contributed by atoms with Gasteiger partial charge in [-0.3, -0.25) is 4.79 Å². The molecule has 1 aromatic heterocycles. The first-order valence-electron chi connectivity index (χ1n) is 8.19. The van der Waals surface area contributed by atoms with Crippen LogP contribution in [0.2, 0.25) is 0 Å². The number of likely N-dealkylation sites (tertiary alicyclic amines) is 1. The van der Waals surface area contributed by atoms with Crippen molar-refractivity contribution in [2.24, 2.45) is 5.92 Å². The van der Waals surface area contributed by atoms with Gasteiger partial charge < -0.3 is 9.32 Å². The van der Waals surface area contributed by atoms with Crippen LogP contribution in [0.3, 0.4) is 0 Å². The minimum Gasteiger partial charge on any atom is -0.409 e. The third kappa shape index (κ3) is 2.72. The second-order valence-electron chi connectivity index (χ2n) is 6.39. The Balaban J connectivity index is 1.53. The van der Waals surface area contributed by atoms with Crippen LogP contribution in [0.4, 0.5) is 0 Å². The van der Waals surface area contributed by atoms with Crippen molar-refractivity contribution in [2.45, 2.75) is 38.1 Å². The highest BCUT2D eigenvalue weighted by molar-refractivity contribution is 7.71. The summed E-state index contributed by atoms with van der Waals surface area (Å²) >= 11 is 4.88. The predicted molar refractivity (Wildman–Crippen MR) is 88.5 cm³/mol. The van der Waals surface area contributed by atoms with Crippen LogP contribution in [-0.4, -0.2) is 33.6 Å². The maximum atomic E-state index is 12.8. The summed E-state index contributed by atoms with van der Waals surface area (Å²) in [6.07, 6.45) is 6.14. The second kappa shape index (κ2) is 5.92. The van der Waals surface area contributed by atoms with Crippen LogP contribution in [0.25, 0.3) is 11.5 Å². The van der Waals surface area contributed by atoms with Gasteiger partial charge in [-0.25, -0.2) is 5.10 Å². The Hall–Kier alpha value is -1.95. The summed E-state index contributed by atoms with van der Waals surface area (Å²) in [6.45, 7) is 0.893.